The quantitative estimate of drug-likeness (QED) is 0.627. The second-order valence-corrected chi connectivity index (χ2v) is 6.34. The maximum Gasteiger partial charge on any atom is 0.417 e. The van der Waals surface area contributed by atoms with Crippen LogP contribution in [0.5, 0.6) is 11.6 Å². The number of carbonyl (C=O) groups is 1. The number of hydrogen-bond acceptors (Lipinski definition) is 4. The lowest BCUT2D eigenvalue weighted by Crippen LogP contribution is -2.51. The van der Waals surface area contributed by atoms with E-state index in [2.05, 4.69) is 9.97 Å². The van der Waals surface area contributed by atoms with E-state index >= 15 is 0 Å². The molecule has 4 rings (SSSR count). The van der Waals surface area contributed by atoms with Crippen LogP contribution in [0.3, 0.4) is 0 Å². The fourth-order valence-corrected chi connectivity index (χ4v) is 2.77. The van der Waals surface area contributed by atoms with Crippen molar-refractivity contribution in [3.8, 4) is 11.6 Å². The van der Waals surface area contributed by atoms with Gasteiger partial charge in [-0.2, -0.15) is 13.2 Å². The molecule has 0 N–H and O–H groups in total. The topological polar surface area (TPSA) is 55.3 Å². The highest BCUT2D eigenvalue weighted by Crippen LogP contribution is 2.30. The van der Waals surface area contributed by atoms with Gasteiger partial charge in [-0.25, -0.2) is 14.4 Å². The summed E-state index contributed by atoms with van der Waals surface area (Å²) in [6, 6.07) is 10.1. The molecule has 2 aromatic heterocycles. The molecule has 0 bridgehead atoms. The molecule has 0 spiro atoms. The Kier molecular flexibility index (Phi) is 4.37. The van der Waals surface area contributed by atoms with Gasteiger partial charge < -0.3 is 9.64 Å². The first-order chi connectivity index (χ1) is 13.3. The summed E-state index contributed by atoms with van der Waals surface area (Å²) in [5.74, 6) is 0.0550. The van der Waals surface area contributed by atoms with Gasteiger partial charge in [-0.1, -0.05) is 6.07 Å². The largest absolute Gasteiger partial charge is 0.439 e. The van der Waals surface area contributed by atoms with Crippen molar-refractivity contribution in [2.24, 2.45) is 0 Å². The van der Waals surface area contributed by atoms with Gasteiger partial charge in [0.05, 0.1) is 24.2 Å². The third-order valence-corrected chi connectivity index (χ3v) is 4.29. The third-order valence-electron chi connectivity index (χ3n) is 4.29. The van der Waals surface area contributed by atoms with E-state index in [9.17, 15) is 22.4 Å². The van der Waals surface area contributed by atoms with Crippen molar-refractivity contribution in [1.82, 2.24) is 14.9 Å². The van der Waals surface area contributed by atoms with Crippen LogP contribution in [0, 0.1) is 0 Å². The van der Waals surface area contributed by atoms with E-state index < -0.39 is 17.9 Å². The Bertz CT molecular complexity index is 1030. The molecule has 1 saturated heterocycles. The van der Waals surface area contributed by atoms with Crippen LogP contribution in [0.1, 0.15) is 16.1 Å². The highest BCUT2D eigenvalue weighted by molar-refractivity contribution is 5.95. The van der Waals surface area contributed by atoms with E-state index in [1.807, 2.05) is 0 Å². The minimum absolute atomic E-state index is 0.0191. The number of amides is 1. The number of nitrogens with zero attached hydrogens (tertiary/aromatic N) is 3. The van der Waals surface area contributed by atoms with E-state index in [1.165, 1.54) is 11.0 Å². The predicted molar refractivity (Wildman–Crippen MR) is 91.9 cm³/mol. The number of carbonyl (C=O) groups excluding carboxylic acids is 1. The Morgan fingerprint density at radius 3 is 2.54 bits per heavy atom. The maximum atomic E-state index is 12.9. The molecule has 0 aliphatic carbocycles. The second-order valence-electron chi connectivity index (χ2n) is 6.34. The summed E-state index contributed by atoms with van der Waals surface area (Å²) in [7, 11) is 0. The number of rotatable bonds is 3. The smallest absolute Gasteiger partial charge is 0.417 e. The number of aromatic nitrogens is 2. The van der Waals surface area contributed by atoms with E-state index in [0.717, 1.165) is 12.1 Å². The number of fused-ring (bicyclic) bond motifs is 1. The van der Waals surface area contributed by atoms with Crippen LogP contribution < -0.4 is 4.74 Å². The normalized spacial score (nSPS) is 14.8. The molecule has 28 heavy (non-hydrogen) atoms. The molecule has 1 aliphatic heterocycles. The first-order valence-electron chi connectivity index (χ1n) is 8.35. The average Bonchev–Trinajstić information content (AvgIpc) is 2.64. The van der Waals surface area contributed by atoms with Gasteiger partial charge in [-0.05, 0) is 30.3 Å². The van der Waals surface area contributed by atoms with Crippen molar-refractivity contribution >= 4 is 16.8 Å². The van der Waals surface area contributed by atoms with Crippen LogP contribution in [0.15, 0.2) is 48.7 Å². The lowest BCUT2D eigenvalue weighted by atomic mass is 10.1. The molecule has 0 radical (unpaired) electrons. The van der Waals surface area contributed by atoms with Crippen molar-refractivity contribution in [3.05, 3.63) is 59.9 Å². The zero-order valence-electron chi connectivity index (χ0n) is 14.3. The molecule has 1 aromatic carbocycles. The summed E-state index contributed by atoms with van der Waals surface area (Å²) < 4.78 is 56.1. The maximum absolute atomic E-state index is 12.9. The molecule has 0 saturated carbocycles. The lowest BCUT2D eigenvalue weighted by Gasteiger charge is -2.33. The van der Waals surface area contributed by atoms with Gasteiger partial charge in [0.1, 0.15) is 17.6 Å². The summed E-state index contributed by atoms with van der Waals surface area (Å²) in [5, 5.41) is 0.674. The predicted octanol–water partition coefficient (Wildman–Crippen LogP) is 4.23. The minimum Gasteiger partial charge on any atom is -0.439 e. The summed E-state index contributed by atoms with van der Waals surface area (Å²) in [5.41, 5.74) is -0.102. The number of pyridine rings is 2. The fraction of sp³-hybridized carbons (Fsp3) is 0.211. The van der Waals surface area contributed by atoms with Crippen LogP contribution in [0.25, 0.3) is 10.9 Å². The third kappa shape index (κ3) is 3.60. The van der Waals surface area contributed by atoms with Crippen LogP contribution in [0.2, 0.25) is 0 Å². The van der Waals surface area contributed by atoms with Gasteiger partial charge in [0.25, 0.3) is 5.91 Å². The number of likely N-dealkylation sites (tertiary alicyclic amines) is 1. The Labute approximate surface area is 156 Å². The van der Waals surface area contributed by atoms with Crippen LogP contribution in [0.4, 0.5) is 17.6 Å². The van der Waals surface area contributed by atoms with E-state index in [0.29, 0.717) is 22.8 Å². The Morgan fingerprint density at radius 1 is 1.11 bits per heavy atom. The molecular formula is C19H13F4N3O2. The molecule has 1 aliphatic rings. The SMILES string of the molecule is O=C(c1ccc2cc(Oc3ccc(C(F)(F)F)cn3)ccc2n1)N1CC(F)C1. The van der Waals surface area contributed by atoms with Gasteiger partial charge in [0.2, 0.25) is 5.88 Å². The van der Waals surface area contributed by atoms with Gasteiger partial charge in [-0.3, -0.25) is 4.79 Å². The van der Waals surface area contributed by atoms with E-state index in [1.54, 1.807) is 24.3 Å². The molecule has 0 atom stereocenters. The van der Waals surface area contributed by atoms with Crippen LogP contribution in [-0.4, -0.2) is 40.0 Å². The van der Waals surface area contributed by atoms with E-state index in [-0.39, 0.29) is 30.6 Å². The summed E-state index contributed by atoms with van der Waals surface area (Å²) >= 11 is 0. The fourth-order valence-electron chi connectivity index (χ4n) is 2.77. The van der Waals surface area contributed by atoms with Crippen molar-refractivity contribution in [1.29, 1.82) is 0 Å². The van der Waals surface area contributed by atoms with Gasteiger partial charge in [0, 0.05) is 17.6 Å². The Hall–Kier alpha value is -3.23. The van der Waals surface area contributed by atoms with Gasteiger partial charge in [-0.15, -0.1) is 0 Å². The Morgan fingerprint density at radius 2 is 1.89 bits per heavy atom. The van der Waals surface area contributed by atoms with Crippen molar-refractivity contribution < 1.29 is 27.1 Å². The molecule has 9 heteroatoms. The monoisotopic (exact) mass is 391 g/mol. The molecule has 3 aromatic rings. The van der Waals surface area contributed by atoms with Crippen molar-refractivity contribution in [2.45, 2.75) is 12.3 Å². The number of alkyl halides is 4. The molecule has 3 heterocycles. The van der Waals surface area contributed by atoms with Gasteiger partial charge in [0.15, 0.2) is 0 Å². The van der Waals surface area contributed by atoms with Crippen LogP contribution >= 0.6 is 0 Å². The molecule has 1 fully saturated rings. The standard InChI is InChI=1S/C19H13F4N3O2/c20-13-9-26(10-13)18(27)16-4-1-11-7-14(3-5-15(11)25-16)28-17-6-2-12(8-24-17)19(21,22)23/h1-8,13H,9-10H2. The highest BCUT2D eigenvalue weighted by atomic mass is 19.4. The molecule has 1 amide bonds. The molecular weight excluding hydrogens is 378 g/mol. The Balaban J connectivity index is 1.52. The summed E-state index contributed by atoms with van der Waals surface area (Å²) in [6.45, 7) is 0.150. The minimum atomic E-state index is -4.46. The zero-order chi connectivity index (χ0) is 19.9. The van der Waals surface area contributed by atoms with Crippen molar-refractivity contribution in [2.75, 3.05) is 13.1 Å². The van der Waals surface area contributed by atoms with Crippen molar-refractivity contribution in [3.63, 3.8) is 0 Å². The number of benzene rings is 1. The van der Waals surface area contributed by atoms with Gasteiger partial charge >= 0.3 is 6.18 Å². The van der Waals surface area contributed by atoms with Crippen LogP contribution in [-0.2, 0) is 6.18 Å². The number of halogens is 4. The second kappa shape index (κ2) is 6.74. The number of ether oxygens (including phenoxy) is 1. The zero-order valence-corrected chi connectivity index (χ0v) is 14.3. The molecule has 144 valence electrons. The average molecular weight is 391 g/mol. The molecule has 5 nitrogen and oxygen atoms in total. The summed E-state index contributed by atoms with van der Waals surface area (Å²) in [6.07, 6.45) is -4.74. The molecule has 0 unspecified atom stereocenters. The lowest BCUT2D eigenvalue weighted by molar-refractivity contribution is -0.137. The first kappa shape index (κ1) is 18.1. The summed E-state index contributed by atoms with van der Waals surface area (Å²) in [4.78, 5) is 21.5. The first-order valence-corrected chi connectivity index (χ1v) is 8.35. The van der Waals surface area contributed by atoms with E-state index in [4.69, 9.17) is 4.74 Å². The highest BCUT2D eigenvalue weighted by Gasteiger charge is 2.32. The number of hydrogen-bond donors (Lipinski definition) is 0.